The highest BCUT2D eigenvalue weighted by molar-refractivity contribution is 6.17. The summed E-state index contributed by atoms with van der Waals surface area (Å²) < 4.78 is 15.6. The zero-order valence-electron chi connectivity index (χ0n) is 14.1. The number of nitrogens with one attached hydrogen (secondary N) is 1. The van der Waals surface area contributed by atoms with Crippen molar-refractivity contribution in [3.05, 3.63) is 29.5 Å². The Morgan fingerprint density at radius 3 is 2.44 bits per heavy atom. The van der Waals surface area contributed by atoms with E-state index in [1.165, 1.54) is 27.4 Å². The third kappa shape index (κ3) is 3.58. The van der Waals surface area contributed by atoms with E-state index >= 15 is 0 Å². The van der Waals surface area contributed by atoms with Crippen LogP contribution >= 0.6 is 0 Å². The van der Waals surface area contributed by atoms with Crippen molar-refractivity contribution in [3.8, 4) is 11.5 Å². The van der Waals surface area contributed by atoms with Gasteiger partial charge in [-0.25, -0.2) is 0 Å². The second-order valence-corrected chi connectivity index (χ2v) is 5.09. The largest absolute Gasteiger partial charge is 0.504 e. The van der Waals surface area contributed by atoms with Gasteiger partial charge >= 0.3 is 0 Å². The average molecular weight is 352 g/mol. The molecular formula is C16H20N2O7. The summed E-state index contributed by atoms with van der Waals surface area (Å²) in [5.41, 5.74) is 0.672. The van der Waals surface area contributed by atoms with Gasteiger partial charge in [-0.3, -0.25) is 14.5 Å². The number of aromatic hydroxyl groups is 1. The van der Waals surface area contributed by atoms with Crippen LogP contribution in [0.1, 0.15) is 11.9 Å². The lowest BCUT2D eigenvalue weighted by Gasteiger charge is -2.22. The first kappa shape index (κ1) is 18.7. The van der Waals surface area contributed by atoms with E-state index in [-0.39, 0.29) is 36.0 Å². The molecular weight excluding hydrogens is 332 g/mol. The molecule has 0 aromatic heterocycles. The maximum absolute atomic E-state index is 12.3. The number of rotatable bonds is 8. The molecule has 1 aliphatic heterocycles. The van der Waals surface area contributed by atoms with Crippen molar-refractivity contribution in [1.29, 1.82) is 0 Å². The number of carbonyl (C=O) groups excluding carboxylic acids is 2. The monoisotopic (exact) mass is 352 g/mol. The van der Waals surface area contributed by atoms with E-state index in [0.717, 1.165) is 11.0 Å². The number of benzene rings is 1. The van der Waals surface area contributed by atoms with Crippen LogP contribution in [0.15, 0.2) is 23.9 Å². The number of aliphatic hydroxyl groups excluding tert-OH is 1. The first-order chi connectivity index (χ1) is 12.0. The molecule has 0 aliphatic carbocycles. The first-order valence-corrected chi connectivity index (χ1v) is 7.39. The van der Waals surface area contributed by atoms with Crippen molar-refractivity contribution >= 4 is 17.5 Å². The van der Waals surface area contributed by atoms with Crippen molar-refractivity contribution < 1.29 is 34.0 Å². The van der Waals surface area contributed by atoms with Gasteiger partial charge in [0.05, 0.1) is 25.9 Å². The number of ether oxygens (including phenoxy) is 3. The van der Waals surface area contributed by atoms with Gasteiger partial charge < -0.3 is 29.7 Å². The molecule has 3 N–H and O–H groups in total. The van der Waals surface area contributed by atoms with Crippen molar-refractivity contribution in [2.24, 2.45) is 0 Å². The van der Waals surface area contributed by atoms with E-state index in [0.29, 0.717) is 5.56 Å². The molecule has 9 nitrogen and oxygen atoms in total. The van der Waals surface area contributed by atoms with Gasteiger partial charge in [0.2, 0.25) is 0 Å². The second kappa shape index (κ2) is 7.97. The Balaban J connectivity index is 2.44. The molecule has 1 aliphatic rings. The third-order valence-corrected chi connectivity index (χ3v) is 3.65. The topological polar surface area (TPSA) is 118 Å². The Labute approximate surface area is 144 Å². The van der Waals surface area contributed by atoms with Crippen LogP contribution in [0.4, 0.5) is 5.69 Å². The zero-order valence-corrected chi connectivity index (χ0v) is 14.1. The number of β-amino-alcohol motifs (C(OH)–C–C–N with tert-alkyl or cyclic N) is 1. The summed E-state index contributed by atoms with van der Waals surface area (Å²) in [5.74, 6) is -1.23. The molecule has 1 aromatic rings. The van der Waals surface area contributed by atoms with E-state index < -0.39 is 18.1 Å². The summed E-state index contributed by atoms with van der Waals surface area (Å²) in [6.07, 6.45) is 0.318. The molecule has 0 bridgehead atoms. The highest BCUT2D eigenvalue weighted by Gasteiger charge is 2.32. The number of phenols is 1. The molecule has 0 saturated heterocycles. The van der Waals surface area contributed by atoms with Crippen LogP contribution in [0.3, 0.4) is 0 Å². The minimum Gasteiger partial charge on any atom is -0.504 e. The normalized spacial score (nSPS) is 14.3. The van der Waals surface area contributed by atoms with Gasteiger partial charge in [-0.15, -0.1) is 0 Å². The fourth-order valence-corrected chi connectivity index (χ4v) is 2.51. The van der Waals surface area contributed by atoms with E-state index in [2.05, 4.69) is 5.32 Å². The Hall–Kier alpha value is -2.62. The molecule has 1 heterocycles. The third-order valence-electron chi connectivity index (χ3n) is 3.65. The molecule has 2 rings (SSSR count). The van der Waals surface area contributed by atoms with E-state index in [1.54, 1.807) is 6.07 Å². The lowest BCUT2D eigenvalue weighted by Crippen LogP contribution is -2.34. The van der Waals surface area contributed by atoms with Crippen molar-refractivity contribution in [2.75, 3.05) is 39.8 Å². The van der Waals surface area contributed by atoms with Crippen LogP contribution in [0, 0.1) is 0 Å². The van der Waals surface area contributed by atoms with Gasteiger partial charge in [0.25, 0.3) is 11.8 Å². The molecule has 0 unspecified atom stereocenters. The maximum atomic E-state index is 12.3. The van der Waals surface area contributed by atoms with E-state index in [1.807, 2.05) is 0 Å². The standard InChI is InChI=1S/C16H20N2O7/c1-23-14-11(20)5-4-9(16(24-2)25-3)13(14)17-10-8-12(21)18(6-7-19)15(10)22/h4-5,8,16-17,19-20H,6-7H2,1-3H3. The van der Waals surface area contributed by atoms with Gasteiger partial charge in [-0.1, -0.05) is 0 Å². The lowest BCUT2D eigenvalue weighted by molar-refractivity contribution is -0.137. The predicted molar refractivity (Wildman–Crippen MR) is 86.9 cm³/mol. The molecule has 0 fully saturated rings. The molecule has 0 spiro atoms. The molecule has 0 atom stereocenters. The SMILES string of the molecule is COc1c(O)ccc(C(OC)OC)c1NC1=CC(=O)N(CCO)C1=O. The minimum absolute atomic E-state index is 0.0189. The van der Waals surface area contributed by atoms with Crippen LogP contribution in [0.25, 0.3) is 0 Å². The summed E-state index contributed by atoms with van der Waals surface area (Å²) in [6.45, 7) is -0.448. The lowest BCUT2D eigenvalue weighted by atomic mass is 10.1. The van der Waals surface area contributed by atoms with Gasteiger partial charge in [-0.2, -0.15) is 0 Å². The molecule has 0 radical (unpaired) electrons. The van der Waals surface area contributed by atoms with Crippen LogP contribution in [0.5, 0.6) is 11.5 Å². The van der Waals surface area contributed by atoms with Crippen molar-refractivity contribution in [1.82, 2.24) is 4.90 Å². The van der Waals surface area contributed by atoms with Crippen LogP contribution in [-0.4, -0.2) is 61.4 Å². The summed E-state index contributed by atoms with van der Waals surface area (Å²) in [5, 5.41) is 21.8. The van der Waals surface area contributed by atoms with E-state index in [4.69, 9.17) is 19.3 Å². The number of phenolic OH excluding ortho intramolecular Hbond substituents is 1. The Morgan fingerprint density at radius 1 is 1.20 bits per heavy atom. The van der Waals surface area contributed by atoms with Gasteiger partial charge in [0.1, 0.15) is 5.70 Å². The molecule has 25 heavy (non-hydrogen) atoms. The fraction of sp³-hybridized carbons (Fsp3) is 0.375. The molecule has 0 saturated carbocycles. The fourth-order valence-electron chi connectivity index (χ4n) is 2.51. The molecule has 136 valence electrons. The number of nitrogens with zero attached hydrogens (tertiary/aromatic N) is 1. The molecule has 2 amide bonds. The van der Waals surface area contributed by atoms with Gasteiger partial charge in [-0.05, 0) is 12.1 Å². The number of anilines is 1. The highest BCUT2D eigenvalue weighted by Crippen LogP contribution is 2.41. The number of carbonyl (C=O) groups is 2. The van der Waals surface area contributed by atoms with Gasteiger partial charge in [0, 0.05) is 25.9 Å². The predicted octanol–water partition coefficient (Wildman–Crippen LogP) is 0.349. The van der Waals surface area contributed by atoms with Crippen LogP contribution < -0.4 is 10.1 Å². The van der Waals surface area contributed by atoms with Gasteiger partial charge in [0.15, 0.2) is 17.8 Å². The second-order valence-electron chi connectivity index (χ2n) is 5.09. The number of hydrogen-bond acceptors (Lipinski definition) is 8. The highest BCUT2D eigenvalue weighted by atomic mass is 16.7. The summed E-state index contributed by atoms with van der Waals surface area (Å²) >= 11 is 0. The number of imide groups is 1. The number of methoxy groups -OCH3 is 3. The Bertz CT molecular complexity index is 698. The quantitative estimate of drug-likeness (QED) is 0.453. The summed E-state index contributed by atoms with van der Waals surface area (Å²) in [6, 6.07) is 2.95. The average Bonchev–Trinajstić information content (AvgIpc) is 2.86. The Morgan fingerprint density at radius 2 is 1.88 bits per heavy atom. The van der Waals surface area contributed by atoms with Crippen molar-refractivity contribution in [3.63, 3.8) is 0 Å². The molecule has 1 aromatic carbocycles. The van der Waals surface area contributed by atoms with Crippen LogP contribution in [-0.2, 0) is 19.1 Å². The molecule has 9 heteroatoms. The summed E-state index contributed by atoms with van der Waals surface area (Å²) in [4.78, 5) is 25.1. The van der Waals surface area contributed by atoms with E-state index in [9.17, 15) is 14.7 Å². The number of hydrogen-bond donors (Lipinski definition) is 3. The number of aliphatic hydroxyl groups is 1. The number of amides is 2. The minimum atomic E-state index is -0.793. The first-order valence-electron chi connectivity index (χ1n) is 7.39. The maximum Gasteiger partial charge on any atom is 0.277 e. The smallest absolute Gasteiger partial charge is 0.277 e. The van der Waals surface area contributed by atoms with Crippen molar-refractivity contribution in [2.45, 2.75) is 6.29 Å². The summed E-state index contributed by atoms with van der Waals surface area (Å²) in [7, 11) is 4.22. The van der Waals surface area contributed by atoms with Crippen LogP contribution in [0.2, 0.25) is 0 Å². The zero-order chi connectivity index (χ0) is 18.6. The Kier molecular flexibility index (Phi) is 5.97.